The number of nitrogens with zero attached hydrogens (tertiary/aromatic N) is 2. The van der Waals surface area contributed by atoms with Crippen LogP contribution < -0.4 is 0 Å². The molecule has 5 heteroatoms. The van der Waals surface area contributed by atoms with E-state index in [4.69, 9.17) is 4.74 Å². The molecular formula is C15H20N2O3. The predicted octanol–water partition coefficient (Wildman–Crippen LogP) is 1.88. The number of carbonyl (C=O) groups excluding carboxylic acids is 2. The molecule has 1 aromatic rings. The minimum absolute atomic E-state index is 0.0597. The van der Waals surface area contributed by atoms with Crippen molar-refractivity contribution in [2.24, 2.45) is 0 Å². The molecule has 108 valence electrons. The molecule has 2 amide bonds. The molecule has 0 aliphatic carbocycles. The van der Waals surface area contributed by atoms with Gasteiger partial charge >= 0.3 is 6.09 Å². The van der Waals surface area contributed by atoms with Gasteiger partial charge in [-0.1, -0.05) is 30.3 Å². The molecule has 0 aromatic heterocycles. The summed E-state index contributed by atoms with van der Waals surface area (Å²) < 4.78 is 5.30. The highest BCUT2D eigenvalue weighted by atomic mass is 16.6. The van der Waals surface area contributed by atoms with Crippen LogP contribution in [0.3, 0.4) is 0 Å². The zero-order valence-corrected chi connectivity index (χ0v) is 11.7. The maximum atomic E-state index is 12.0. The van der Waals surface area contributed by atoms with Crippen LogP contribution in [-0.2, 0) is 16.1 Å². The molecule has 0 bridgehead atoms. The topological polar surface area (TPSA) is 49.9 Å². The second kappa shape index (κ2) is 6.93. The number of ether oxygens (including phenoxy) is 1. The molecule has 20 heavy (non-hydrogen) atoms. The summed E-state index contributed by atoms with van der Waals surface area (Å²) in [4.78, 5) is 26.8. The normalized spacial score (nSPS) is 15.7. The van der Waals surface area contributed by atoms with Crippen LogP contribution in [0.1, 0.15) is 18.9 Å². The van der Waals surface area contributed by atoms with E-state index in [9.17, 15) is 9.59 Å². The second-order valence-electron chi connectivity index (χ2n) is 4.89. The lowest BCUT2D eigenvalue weighted by atomic mass is 10.2. The molecule has 0 saturated carbocycles. The van der Waals surface area contributed by atoms with Crippen molar-refractivity contribution in [3.63, 3.8) is 0 Å². The zero-order valence-electron chi connectivity index (χ0n) is 11.7. The van der Waals surface area contributed by atoms with E-state index in [0.717, 1.165) is 12.0 Å². The molecule has 5 nitrogen and oxygen atoms in total. The average Bonchev–Trinajstić information content (AvgIpc) is 2.72. The largest absolute Gasteiger partial charge is 0.445 e. The van der Waals surface area contributed by atoms with Crippen molar-refractivity contribution in [1.29, 1.82) is 0 Å². The van der Waals surface area contributed by atoms with Crippen LogP contribution in [0.2, 0.25) is 0 Å². The van der Waals surface area contributed by atoms with Crippen LogP contribution in [0.15, 0.2) is 30.3 Å². The lowest BCUT2D eigenvalue weighted by molar-refractivity contribution is -0.128. The van der Waals surface area contributed by atoms with Crippen molar-refractivity contribution < 1.29 is 14.3 Å². The van der Waals surface area contributed by atoms with Gasteiger partial charge in [0.1, 0.15) is 6.61 Å². The summed E-state index contributed by atoms with van der Waals surface area (Å²) in [5.41, 5.74) is 0.973. The van der Waals surface area contributed by atoms with Crippen LogP contribution in [0.4, 0.5) is 4.79 Å². The van der Waals surface area contributed by atoms with Crippen LogP contribution in [0, 0.1) is 0 Å². The highest BCUT2D eigenvalue weighted by Gasteiger charge is 2.21. The van der Waals surface area contributed by atoms with Crippen LogP contribution in [0.5, 0.6) is 0 Å². The van der Waals surface area contributed by atoms with Gasteiger partial charge in [-0.15, -0.1) is 0 Å². The Bertz CT molecular complexity index is 461. The molecule has 1 aromatic carbocycles. The highest BCUT2D eigenvalue weighted by molar-refractivity contribution is 5.73. The van der Waals surface area contributed by atoms with E-state index >= 15 is 0 Å². The number of hydrogen-bond donors (Lipinski definition) is 0. The van der Waals surface area contributed by atoms with E-state index in [0.29, 0.717) is 26.2 Å². The summed E-state index contributed by atoms with van der Waals surface area (Å²) in [6.45, 7) is 4.30. The van der Waals surface area contributed by atoms with E-state index in [-0.39, 0.29) is 18.6 Å². The van der Waals surface area contributed by atoms with Crippen molar-refractivity contribution in [1.82, 2.24) is 9.80 Å². The Kier molecular flexibility index (Phi) is 4.98. The fourth-order valence-corrected chi connectivity index (χ4v) is 2.23. The Morgan fingerprint density at radius 3 is 2.40 bits per heavy atom. The minimum Gasteiger partial charge on any atom is -0.445 e. The molecule has 1 fully saturated rings. The lowest BCUT2D eigenvalue weighted by Gasteiger charge is -2.20. The Morgan fingerprint density at radius 2 is 1.70 bits per heavy atom. The van der Waals surface area contributed by atoms with Crippen LogP contribution >= 0.6 is 0 Å². The summed E-state index contributed by atoms with van der Waals surface area (Å²) in [5.74, 6) is 0.0597. The summed E-state index contributed by atoms with van der Waals surface area (Å²) >= 11 is 0. The van der Waals surface area contributed by atoms with Gasteiger partial charge in [-0.2, -0.15) is 0 Å². The third-order valence-electron chi connectivity index (χ3n) is 3.40. The average molecular weight is 276 g/mol. The van der Waals surface area contributed by atoms with E-state index in [1.807, 2.05) is 30.3 Å². The fourth-order valence-electron chi connectivity index (χ4n) is 2.23. The van der Waals surface area contributed by atoms with Gasteiger partial charge in [-0.05, 0) is 12.0 Å². The quantitative estimate of drug-likeness (QED) is 0.828. The molecule has 1 aliphatic heterocycles. The van der Waals surface area contributed by atoms with Gasteiger partial charge in [0, 0.05) is 33.1 Å². The zero-order chi connectivity index (χ0) is 14.4. The van der Waals surface area contributed by atoms with Gasteiger partial charge in [0.25, 0.3) is 0 Å². The molecule has 0 radical (unpaired) electrons. The Hall–Kier alpha value is -2.04. The van der Waals surface area contributed by atoms with Crippen molar-refractivity contribution in [3.8, 4) is 0 Å². The molecule has 1 heterocycles. The van der Waals surface area contributed by atoms with Gasteiger partial charge < -0.3 is 14.5 Å². The molecule has 0 N–H and O–H groups in total. The monoisotopic (exact) mass is 276 g/mol. The lowest BCUT2D eigenvalue weighted by Crippen LogP contribution is -2.36. The van der Waals surface area contributed by atoms with Gasteiger partial charge in [-0.3, -0.25) is 4.79 Å². The molecule has 0 unspecified atom stereocenters. The third-order valence-corrected chi connectivity index (χ3v) is 3.40. The summed E-state index contributed by atoms with van der Waals surface area (Å²) in [7, 11) is 0. The van der Waals surface area contributed by atoms with Crippen molar-refractivity contribution >= 4 is 12.0 Å². The van der Waals surface area contributed by atoms with E-state index in [2.05, 4.69) is 0 Å². The maximum Gasteiger partial charge on any atom is 0.410 e. The van der Waals surface area contributed by atoms with E-state index in [1.54, 1.807) is 16.7 Å². The fraction of sp³-hybridized carbons (Fsp3) is 0.467. The first-order valence-corrected chi connectivity index (χ1v) is 6.88. The Balaban J connectivity index is 1.82. The number of benzene rings is 1. The molecule has 1 saturated heterocycles. The smallest absolute Gasteiger partial charge is 0.410 e. The van der Waals surface area contributed by atoms with Crippen molar-refractivity contribution in [2.75, 3.05) is 26.2 Å². The molecule has 0 atom stereocenters. The van der Waals surface area contributed by atoms with E-state index < -0.39 is 0 Å². The molecule has 1 aliphatic rings. The first-order valence-electron chi connectivity index (χ1n) is 6.88. The summed E-state index contributed by atoms with van der Waals surface area (Å²) in [5, 5.41) is 0. The maximum absolute atomic E-state index is 12.0. The molecular weight excluding hydrogens is 256 g/mol. The van der Waals surface area contributed by atoms with E-state index in [1.165, 1.54) is 0 Å². The Labute approximate surface area is 119 Å². The van der Waals surface area contributed by atoms with Gasteiger partial charge in [0.2, 0.25) is 5.91 Å². The first kappa shape index (κ1) is 14.4. The highest BCUT2D eigenvalue weighted by Crippen LogP contribution is 2.07. The number of hydrogen-bond acceptors (Lipinski definition) is 3. The summed E-state index contributed by atoms with van der Waals surface area (Å²) in [6, 6.07) is 9.61. The second-order valence-corrected chi connectivity index (χ2v) is 4.89. The Morgan fingerprint density at radius 1 is 1.05 bits per heavy atom. The standard InChI is InChI=1S/C15H20N2O3/c1-13(18)16-8-5-9-17(11-10-16)15(19)20-12-14-6-3-2-4-7-14/h2-4,6-7H,5,8-12H2,1H3. The molecule has 2 rings (SSSR count). The van der Waals surface area contributed by atoms with Crippen LogP contribution in [0.25, 0.3) is 0 Å². The summed E-state index contributed by atoms with van der Waals surface area (Å²) in [6.07, 6.45) is 0.485. The molecule has 0 spiro atoms. The predicted molar refractivity (Wildman–Crippen MR) is 75.1 cm³/mol. The number of carbonyl (C=O) groups is 2. The van der Waals surface area contributed by atoms with Gasteiger partial charge in [-0.25, -0.2) is 4.79 Å². The SMILES string of the molecule is CC(=O)N1CCCN(C(=O)OCc2ccccc2)CC1. The third kappa shape index (κ3) is 3.98. The minimum atomic E-state index is -0.306. The number of rotatable bonds is 2. The first-order chi connectivity index (χ1) is 9.66. The van der Waals surface area contributed by atoms with Gasteiger partial charge in [0.05, 0.1) is 0 Å². The van der Waals surface area contributed by atoms with Crippen molar-refractivity contribution in [3.05, 3.63) is 35.9 Å². The van der Waals surface area contributed by atoms with Crippen LogP contribution in [-0.4, -0.2) is 48.0 Å². The number of amides is 2. The van der Waals surface area contributed by atoms with Gasteiger partial charge in [0.15, 0.2) is 0 Å². The van der Waals surface area contributed by atoms with Crippen molar-refractivity contribution in [2.45, 2.75) is 20.0 Å².